The highest BCUT2D eigenvalue weighted by atomic mass is 32.1. The van der Waals surface area contributed by atoms with Crippen LogP contribution in [0.5, 0.6) is 0 Å². The molecule has 0 bridgehead atoms. The van der Waals surface area contributed by atoms with Crippen LogP contribution in [0, 0.1) is 23.4 Å². The molecule has 1 fully saturated rings. The number of carbonyl (C=O) groups is 1. The number of hydrogen-bond acceptors (Lipinski definition) is 4. The van der Waals surface area contributed by atoms with Crippen molar-refractivity contribution in [1.82, 2.24) is 14.5 Å². The van der Waals surface area contributed by atoms with Crippen LogP contribution >= 0.6 is 13.5 Å². The molecule has 2 aromatic carbocycles. The van der Waals surface area contributed by atoms with Gasteiger partial charge in [-0.3, -0.25) is 4.79 Å². The molecule has 1 aliphatic carbocycles. The Morgan fingerprint density at radius 1 is 1.06 bits per heavy atom. The lowest BCUT2D eigenvalue weighted by Crippen LogP contribution is -2.47. The molecular weight excluding hydrogens is 451 g/mol. The van der Waals surface area contributed by atoms with E-state index >= 15 is 0 Å². The van der Waals surface area contributed by atoms with Crippen LogP contribution in [0.1, 0.15) is 18.7 Å². The average molecular weight is 476 g/mol. The number of nitrogens with one attached hydrogen (secondary N) is 1. The summed E-state index contributed by atoms with van der Waals surface area (Å²) in [6, 6.07) is 8.92. The summed E-state index contributed by atoms with van der Waals surface area (Å²) in [6.45, 7) is 1.20. The summed E-state index contributed by atoms with van der Waals surface area (Å²) in [4.78, 5) is 19.2. The SMILES string of the molecule is N[C@H](C(=O)N1CCn2c(nc(-c3ccc(F)cc3)c2Nc2ccc(F)c(F)c2)C1)C1CC1.S. The Morgan fingerprint density at radius 2 is 1.79 bits per heavy atom. The zero-order chi connectivity index (χ0) is 22.4. The lowest BCUT2D eigenvalue weighted by atomic mass is 10.1. The van der Waals surface area contributed by atoms with Gasteiger partial charge in [0, 0.05) is 30.4 Å². The molecule has 1 amide bonds. The number of amides is 1. The summed E-state index contributed by atoms with van der Waals surface area (Å²) in [7, 11) is 0. The zero-order valence-corrected chi connectivity index (χ0v) is 18.7. The van der Waals surface area contributed by atoms with Crippen LogP contribution in [0.2, 0.25) is 0 Å². The third kappa shape index (κ3) is 4.58. The highest BCUT2D eigenvalue weighted by Crippen LogP contribution is 2.35. The normalized spacial score (nSPS) is 16.1. The van der Waals surface area contributed by atoms with Crippen LogP contribution in [0.4, 0.5) is 24.7 Å². The molecule has 2 heterocycles. The van der Waals surface area contributed by atoms with Gasteiger partial charge in [0.2, 0.25) is 5.91 Å². The van der Waals surface area contributed by atoms with Crippen molar-refractivity contribution in [2.24, 2.45) is 11.7 Å². The number of carbonyl (C=O) groups excluding carboxylic acids is 1. The Balaban J connectivity index is 0.00000259. The maximum atomic E-state index is 13.8. The topological polar surface area (TPSA) is 76.2 Å². The molecule has 0 unspecified atom stereocenters. The molecule has 174 valence electrons. The number of aromatic nitrogens is 2. The van der Waals surface area contributed by atoms with Gasteiger partial charge in [0.25, 0.3) is 0 Å². The quantitative estimate of drug-likeness (QED) is 0.587. The first-order chi connectivity index (χ1) is 15.4. The second-order valence-corrected chi connectivity index (χ2v) is 8.26. The third-order valence-corrected chi connectivity index (χ3v) is 6.00. The summed E-state index contributed by atoms with van der Waals surface area (Å²) in [6.07, 6.45) is 1.96. The number of nitrogens with two attached hydrogens (primary N) is 1. The highest BCUT2D eigenvalue weighted by molar-refractivity contribution is 7.59. The number of rotatable bonds is 5. The molecule has 1 aliphatic heterocycles. The Hall–Kier alpha value is -2.98. The predicted octanol–water partition coefficient (Wildman–Crippen LogP) is 3.90. The molecule has 1 aromatic heterocycles. The van der Waals surface area contributed by atoms with E-state index in [-0.39, 0.29) is 37.7 Å². The fourth-order valence-corrected chi connectivity index (χ4v) is 4.03. The summed E-state index contributed by atoms with van der Waals surface area (Å²) in [5.41, 5.74) is 7.65. The van der Waals surface area contributed by atoms with Crippen molar-refractivity contribution < 1.29 is 18.0 Å². The molecular formula is C23H24F3N5OS. The molecule has 5 rings (SSSR count). The Labute approximate surface area is 196 Å². The van der Waals surface area contributed by atoms with Gasteiger partial charge in [-0.2, -0.15) is 13.5 Å². The highest BCUT2D eigenvalue weighted by Gasteiger charge is 2.37. The molecule has 0 saturated heterocycles. The van der Waals surface area contributed by atoms with Gasteiger partial charge in [0.15, 0.2) is 11.6 Å². The maximum absolute atomic E-state index is 13.8. The second-order valence-electron chi connectivity index (χ2n) is 8.26. The number of benzene rings is 2. The first kappa shape index (κ1) is 23.2. The Kier molecular flexibility index (Phi) is 6.40. The van der Waals surface area contributed by atoms with Gasteiger partial charge in [-0.1, -0.05) is 0 Å². The van der Waals surface area contributed by atoms with Gasteiger partial charge in [-0.15, -0.1) is 0 Å². The second kappa shape index (κ2) is 9.11. The lowest BCUT2D eigenvalue weighted by Gasteiger charge is -2.30. The third-order valence-electron chi connectivity index (χ3n) is 6.00. The van der Waals surface area contributed by atoms with E-state index < -0.39 is 17.7 Å². The minimum Gasteiger partial charge on any atom is -0.340 e. The van der Waals surface area contributed by atoms with E-state index in [1.807, 2.05) is 4.57 Å². The minimum absolute atomic E-state index is 0. The Morgan fingerprint density at radius 3 is 2.45 bits per heavy atom. The first-order valence-electron chi connectivity index (χ1n) is 10.5. The molecule has 2 aliphatic rings. The maximum Gasteiger partial charge on any atom is 0.240 e. The minimum atomic E-state index is -0.970. The number of halogens is 3. The molecule has 1 atom stereocenters. The predicted molar refractivity (Wildman–Crippen MR) is 124 cm³/mol. The largest absolute Gasteiger partial charge is 0.340 e. The molecule has 33 heavy (non-hydrogen) atoms. The Bertz CT molecular complexity index is 1180. The van der Waals surface area contributed by atoms with Gasteiger partial charge in [0.05, 0.1) is 12.6 Å². The fraction of sp³-hybridized carbons (Fsp3) is 0.304. The van der Waals surface area contributed by atoms with E-state index in [2.05, 4.69) is 5.32 Å². The van der Waals surface area contributed by atoms with Gasteiger partial charge in [0.1, 0.15) is 23.2 Å². The van der Waals surface area contributed by atoms with Gasteiger partial charge >= 0.3 is 0 Å². The molecule has 0 spiro atoms. The van der Waals surface area contributed by atoms with Crippen molar-refractivity contribution in [2.45, 2.75) is 32.0 Å². The summed E-state index contributed by atoms with van der Waals surface area (Å²) >= 11 is 0. The van der Waals surface area contributed by atoms with Gasteiger partial charge in [-0.05, 0) is 55.2 Å². The summed E-state index contributed by atoms with van der Waals surface area (Å²) < 4.78 is 42.5. The summed E-state index contributed by atoms with van der Waals surface area (Å²) in [5, 5.41) is 3.13. The van der Waals surface area contributed by atoms with E-state index in [1.54, 1.807) is 17.0 Å². The standard InChI is InChI=1S/C23H22F3N5O.H2S/c24-15-5-3-14(4-6-15)21-22(28-16-7-8-17(25)18(26)11-16)31-10-9-30(12-19(31)29-21)23(32)20(27)13-1-2-13;/h3-8,11,13,20,28H,1-2,9-10,12,27H2;1H2/t20-;/m0./s1. The van der Waals surface area contributed by atoms with Crippen molar-refractivity contribution in [3.05, 3.63) is 65.7 Å². The van der Waals surface area contributed by atoms with Crippen LogP contribution in [-0.4, -0.2) is 32.9 Å². The van der Waals surface area contributed by atoms with Crippen LogP contribution in [0.15, 0.2) is 42.5 Å². The lowest BCUT2D eigenvalue weighted by molar-refractivity contribution is -0.134. The van der Waals surface area contributed by atoms with E-state index in [1.165, 1.54) is 18.2 Å². The van der Waals surface area contributed by atoms with E-state index in [4.69, 9.17) is 10.7 Å². The molecule has 10 heteroatoms. The molecule has 3 aromatic rings. The van der Waals surface area contributed by atoms with Crippen molar-refractivity contribution >= 4 is 30.9 Å². The number of nitrogens with zero attached hydrogens (tertiary/aromatic N) is 3. The van der Waals surface area contributed by atoms with E-state index in [0.717, 1.165) is 25.0 Å². The molecule has 6 nitrogen and oxygen atoms in total. The monoisotopic (exact) mass is 475 g/mol. The van der Waals surface area contributed by atoms with Crippen LogP contribution in [-0.2, 0) is 17.9 Å². The smallest absolute Gasteiger partial charge is 0.240 e. The van der Waals surface area contributed by atoms with Crippen LogP contribution in [0.3, 0.4) is 0 Å². The molecule has 1 saturated carbocycles. The van der Waals surface area contributed by atoms with Crippen molar-refractivity contribution in [2.75, 3.05) is 11.9 Å². The van der Waals surface area contributed by atoms with E-state index in [9.17, 15) is 18.0 Å². The first-order valence-corrected chi connectivity index (χ1v) is 10.5. The van der Waals surface area contributed by atoms with E-state index in [0.29, 0.717) is 41.7 Å². The van der Waals surface area contributed by atoms with Crippen molar-refractivity contribution in [3.63, 3.8) is 0 Å². The molecule has 0 radical (unpaired) electrons. The zero-order valence-electron chi connectivity index (χ0n) is 17.7. The fourth-order valence-electron chi connectivity index (χ4n) is 4.03. The number of imidazole rings is 1. The van der Waals surface area contributed by atoms with Crippen LogP contribution < -0.4 is 11.1 Å². The summed E-state index contributed by atoms with van der Waals surface area (Å²) in [5.74, 6) is -0.912. The average Bonchev–Trinajstić information content (AvgIpc) is 3.58. The van der Waals surface area contributed by atoms with Crippen molar-refractivity contribution in [3.8, 4) is 11.3 Å². The van der Waals surface area contributed by atoms with Gasteiger partial charge < -0.3 is 20.5 Å². The van der Waals surface area contributed by atoms with Crippen LogP contribution in [0.25, 0.3) is 11.3 Å². The number of fused-ring (bicyclic) bond motifs is 1. The number of hydrogen-bond donors (Lipinski definition) is 2. The van der Waals surface area contributed by atoms with Crippen molar-refractivity contribution in [1.29, 1.82) is 0 Å². The molecule has 3 N–H and O–H groups in total. The van der Waals surface area contributed by atoms with Gasteiger partial charge in [-0.25, -0.2) is 18.2 Å². The number of anilines is 2.